The number of aryl methyl sites for hydroxylation is 2. The fraction of sp³-hybridized carbons (Fsp3) is 0.348. The average Bonchev–Trinajstić information content (AvgIpc) is 3.21. The van der Waals surface area contributed by atoms with Crippen LogP contribution in [-0.4, -0.2) is 61.2 Å². The molecule has 0 saturated heterocycles. The molecule has 3 aromatic rings. The van der Waals surface area contributed by atoms with Crippen LogP contribution in [0, 0.1) is 0 Å². The van der Waals surface area contributed by atoms with Crippen molar-refractivity contribution >= 4 is 11.9 Å². The first kappa shape index (κ1) is 25.8. The number of rotatable bonds is 8. The van der Waals surface area contributed by atoms with Crippen LogP contribution in [0.1, 0.15) is 33.6 Å². The minimum Gasteiger partial charge on any atom is -0.477 e. The van der Waals surface area contributed by atoms with Gasteiger partial charge in [-0.2, -0.15) is 18.3 Å². The largest absolute Gasteiger partial charge is 0.490 e. The highest BCUT2D eigenvalue weighted by molar-refractivity contribution is 5.90. The third-order valence-electron chi connectivity index (χ3n) is 5.34. The molecule has 0 atom stereocenters. The molecule has 1 aliphatic rings. The van der Waals surface area contributed by atoms with Crippen LogP contribution in [0.4, 0.5) is 13.2 Å². The Morgan fingerprint density at radius 3 is 2.46 bits per heavy atom. The second kappa shape index (κ2) is 11.6. The molecule has 0 amide bonds. The summed E-state index contributed by atoms with van der Waals surface area (Å²) in [6.45, 7) is 2.26. The Balaban J connectivity index is 0.000000429. The number of hydrogen-bond donors (Lipinski definition) is 3. The van der Waals surface area contributed by atoms with Gasteiger partial charge in [0.1, 0.15) is 5.69 Å². The minimum atomic E-state index is -5.08. The highest BCUT2D eigenvalue weighted by Gasteiger charge is 2.38. The molecule has 1 aliphatic carbocycles. The van der Waals surface area contributed by atoms with Gasteiger partial charge in [0.05, 0.1) is 5.69 Å². The van der Waals surface area contributed by atoms with Gasteiger partial charge in [0, 0.05) is 42.5 Å². The number of aliphatic carboxylic acids is 1. The molecule has 35 heavy (non-hydrogen) atoms. The second-order valence-corrected chi connectivity index (χ2v) is 7.75. The van der Waals surface area contributed by atoms with E-state index in [9.17, 15) is 23.1 Å². The lowest BCUT2D eigenvalue weighted by atomic mass is 9.90. The van der Waals surface area contributed by atoms with Gasteiger partial charge >= 0.3 is 18.1 Å². The molecule has 3 N–H and O–H groups in total. The van der Waals surface area contributed by atoms with E-state index in [0.717, 1.165) is 54.7 Å². The maximum Gasteiger partial charge on any atom is 0.490 e. The Hall–Kier alpha value is -3.80. The van der Waals surface area contributed by atoms with E-state index in [1.54, 1.807) is 17.1 Å². The lowest BCUT2D eigenvalue weighted by molar-refractivity contribution is -0.192. The van der Waals surface area contributed by atoms with Gasteiger partial charge in [-0.05, 0) is 62.0 Å². The van der Waals surface area contributed by atoms with Crippen molar-refractivity contribution in [3.63, 3.8) is 0 Å². The second-order valence-electron chi connectivity index (χ2n) is 7.75. The number of carbonyl (C=O) groups is 2. The lowest BCUT2D eigenvalue weighted by Crippen LogP contribution is -2.21. The Morgan fingerprint density at radius 1 is 1.06 bits per heavy atom. The van der Waals surface area contributed by atoms with Crippen molar-refractivity contribution in [3.8, 4) is 11.3 Å². The molecular formula is C23H24F3N5O4. The summed E-state index contributed by atoms with van der Waals surface area (Å²) in [6, 6.07) is 5.93. The quantitative estimate of drug-likeness (QED) is 0.410. The summed E-state index contributed by atoms with van der Waals surface area (Å²) in [4.78, 5) is 29.0. The first-order valence-electron chi connectivity index (χ1n) is 10.8. The molecule has 186 valence electrons. The third kappa shape index (κ3) is 6.85. The normalized spacial score (nSPS) is 12.2. The van der Waals surface area contributed by atoms with Gasteiger partial charge in [-0.15, -0.1) is 0 Å². The summed E-state index contributed by atoms with van der Waals surface area (Å²) >= 11 is 0. The number of carboxylic acids is 2. The Labute approximate surface area is 198 Å². The van der Waals surface area contributed by atoms with E-state index in [1.165, 1.54) is 5.56 Å². The monoisotopic (exact) mass is 491 g/mol. The standard InChI is InChI=1S/C21H23N5O2.C2HF3O2/c27-21(28)20-18-5-4-16-14-24-11-7-17(16)19(18)25-26(20)12-2-9-22-10-6-15-3-1-8-23-13-15;3-2(4,5)1(6)7/h1,3,7-8,11,13-14,22H,2,4-6,9-10,12H2,(H,27,28);(H,6,7). The molecule has 0 bridgehead atoms. The number of alkyl halides is 3. The number of halogens is 3. The predicted molar refractivity (Wildman–Crippen MR) is 119 cm³/mol. The molecule has 3 heterocycles. The van der Waals surface area contributed by atoms with Gasteiger partial charge in [0.2, 0.25) is 0 Å². The number of carboxylic acid groups (broad SMARTS) is 2. The first-order valence-corrected chi connectivity index (χ1v) is 10.8. The molecule has 4 rings (SSSR count). The van der Waals surface area contributed by atoms with Crippen molar-refractivity contribution < 1.29 is 33.0 Å². The fourth-order valence-corrected chi connectivity index (χ4v) is 3.73. The van der Waals surface area contributed by atoms with Gasteiger partial charge in [-0.3, -0.25) is 14.6 Å². The van der Waals surface area contributed by atoms with Crippen molar-refractivity contribution in [2.24, 2.45) is 0 Å². The maximum atomic E-state index is 11.9. The number of pyridine rings is 2. The molecule has 0 fully saturated rings. The number of fused-ring (bicyclic) bond motifs is 3. The molecule has 0 spiro atoms. The first-order chi connectivity index (χ1) is 16.7. The Bertz CT molecular complexity index is 1170. The van der Waals surface area contributed by atoms with Crippen molar-refractivity contribution in [2.75, 3.05) is 13.1 Å². The highest BCUT2D eigenvalue weighted by atomic mass is 19.4. The van der Waals surface area contributed by atoms with Crippen LogP contribution in [-0.2, 0) is 30.6 Å². The van der Waals surface area contributed by atoms with E-state index in [0.29, 0.717) is 18.7 Å². The molecule has 9 nitrogen and oxygen atoms in total. The zero-order chi connectivity index (χ0) is 25.4. The highest BCUT2D eigenvalue weighted by Crippen LogP contribution is 2.34. The molecule has 3 aromatic heterocycles. The predicted octanol–water partition coefficient (Wildman–Crippen LogP) is 2.99. The van der Waals surface area contributed by atoms with Crippen LogP contribution in [0.2, 0.25) is 0 Å². The number of hydrogen-bond acceptors (Lipinski definition) is 6. The van der Waals surface area contributed by atoms with E-state index in [1.807, 2.05) is 24.5 Å². The summed E-state index contributed by atoms with van der Waals surface area (Å²) in [7, 11) is 0. The summed E-state index contributed by atoms with van der Waals surface area (Å²) in [6.07, 6.45) is 5.39. The number of nitrogens with zero attached hydrogens (tertiary/aromatic N) is 4. The van der Waals surface area contributed by atoms with Crippen molar-refractivity contribution in [1.82, 2.24) is 25.1 Å². The van der Waals surface area contributed by atoms with Gasteiger partial charge in [0.25, 0.3) is 0 Å². The van der Waals surface area contributed by atoms with E-state index < -0.39 is 18.1 Å². The van der Waals surface area contributed by atoms with Crippen LogP contribution >= 0.6 is 0 Å². The van der Waals surface area contributed by atoms with Crippen molar-refractivity contribution in [3.05, 3.63) is 65.4 Å². The smallest absolute Gasteiger partial charge is 0.477 e. The number of aromatic nitrogens is 4. The number of aromatic carboxylic acids is 1. The molecular weight excluding hydrogens is 467 g/mol. The van der Waals surface area contributed by atoms with E-state index in [4.69, 9.17) is 9.90 Å². The van der Waals surface area contributed by atoms with Crippen molar-refractivity contribution in [2.45, 2.75) is 38.4 Å². The average molecular weight is 491 g/mol. The Morgan fingerprint density at radius 2 is 1.80 bits per heavy atom. The summed E-state index contributed by atoms with van der Waals surface area (Å²) in [5.41, 5.74) is 5.31. The van der Waals surface area contributed by atoms with Crippen LogP contribution < -0.4 is 5.32 Å². The third-order valence-corrected chi connectivity index (χ3v) is 5.34. The van der Waals surface area contributed by atoms with Gasteiger partial charge in [-0.1, -0.05) is 6.07 Å². The molecule has 0 radical (unpaired) electrons. The molecule has 0 aromatic carbocycles. The van der Waals surface area contributed by atoms with Gasteiger partial charge in [0.15, 0.2) is 0 Å². The van der Waals surface area contributed by atoms with Crippen LogP contribution in [0.3, 0.4) is 0 Å². The molecule has 12 heteroatoms. The van der Waals surface area contributed by atoms with E-state index in [2.05, 4.69) is 26.4 Å². The summed E-state index contributed by atoms with van der Waals surface area (Å²) < 4.78 is 33.4. The van der Waals surface area contributed by atoms with Crippen molar-refractivity contribution in [1.29, 1.82) is 0 Å². The van der Waals surface area contributed by atoms with E-state index in [-0.39, 0.29) is 0 Å². The van der Waals surface area contributed by atoms with E-state index >= 15 is 0 Å². The maximum absolute atomic E-state index is 11.9. The van der Waals surface area contributed by atoms with Crippen LogP contribution in [0.5, 0.6) is 0 Å². The summed E-state index contributed by atoms with van der Waals surface area (Å²) in [5.74, 6) is -3.66. The zero-order valence-corrected chi connectivity index (χ0v) is 18.6. The van der Waals surface area contributed by atoms with Crippen LogP contribution in [0.25, 0.3) is 11.3 Å². The Kier molecular flexibility index (Phi) is 8.53. The van der Waals surface area contributed by atoms with Gasteiger partial charge in [-0.25, -0.2) is 9.59 Å². The van der Waals surface area contributed by atoms with Crippen LogP contribution in [0.15, 0.2) is 43.0 Å². The van der Waals surface area contributed by atoms with Gasteiger partial charge < -0.3 is 15.5 Å². The number of nitrogens with one attached hydrogen (secondary N) is 1. The fourth-order valence-electron chi connectivity index (χ4n) is 3.73. The molecule has 0 aliphatic heterocycles. The lowest BCUT2D eigenvalue weighted by Gasteiger charge is -2.14. The summed E-state index contributed by atoms with van der Waals surface area (Å²) in [5, 5.41) is 24.9. The minimum absolute atomic E-state index is 0.327. The topological polar surface area (TPSA) is 130 Å². The molecule has 0 unspecified atom stereocenters. The SMILES string of the molecule is O=C(O)C(F)(F)F.O=C(O)c1c2c(nn1CCCNCCc1cccnc1)-c1ccncc1CC2. The zero-order valence-electron chi connectivity index (χ0n) is 18.6. The molecule has 0 saturated carbocycles.